The van der Waals surface area contributed by atoms with Gasteiger partial charge in [0.1, 0.15) is 0 Å². The minimum absolute atomic E-state index is 0.180. The first-order chi connectivity index (χ1) is 11.3. The molecule has 6 heteroatoms. The van der Waals surface area contributed by atoms with Crippen molar-refractivity contribution in [2.45, 2.75) is 19.3 Å². The van der Waals surface area contributed by atoms with Crippen molar-refractivity contribution < 1.29 is 4.79 Å². The van der Waals surface area contributed by atoms with Crippen LogP contribution in [0.5, 0.6) is 0 Å². The largest absolute Gasteiger partial charge is 0.340 e. The van der Waals surface area contributed by atoms with Gasteiger partial charge in [-0.05, 0) is 36.8 Å². The van der Waals surface area contributed by atoms with Gasteiger partial charge in [-0.1, -0.05) is 0 Å². The quantitative estimate of drug-likeness (QED) is 0.850. The summed E-state index contributed by atoms with van der Waals surface area (Å²) in [6.45, 7) is 3.65. The Labute approximate surface area is 140 Å². The standard InChI is InChI=1S/C17H20N4OS/c22-15(14-3-10-23-11-14)20-8-1-4-17(12-20)5-9-21(13-17)16-18-6-2-7-19-16/h2-3,6-7,10-11H,1,4-5,8-9,12-13H2/t17-/m0/s1. The van der Waals surface area contributed by atoms with Crippen molar-refractivity contribution in [1.82, 2.24) is 14.9 Å². The number of thiophene rings is 1. The lowest BCUT2D eigenvalue weighted by molar-refractivity contribution is 0.0557. The summed E-state index contributed by atoms with van der Waals surface area (Å²) in [6.07, 6.45) is 6.96. The minimum Gasteiger partial charge on any atom is -0.340 e. The number of piperidine rings is 1. The lowest BCUT2D eigenvalue weighted by atomic mass is 9.79. The van der Waals surface area contributed by atoms with E-state index in [1.807, 2.05) is 27.8 Å². The van der Waals surface area contributed by atoms with Crippen LogP contribution >= 0.6 is 11.3 Å². The van der Waals surface area contributed by atoms with Crippen molar-refractivity contribution in [3.8, 4) is 0 Å². The second kappa shape index (κ2) is 5.92. The molecule has 4 heterocycles. The maximum Gasteiger partial charge on any atom is 0.254 e. The van der Waals surface area contributed by atoms with E-state index in [0.29, 0.717) is 0 Å². The van der Waals surface area contributed by atoms with Crippen LogP contribution in [0, 0.1) is 5.41 Å². The zero-order valence-corrected chi connectivity index (χ0v) is 13.8. The van der Waals surface area contributed by atoms with E-state index in [2.05, 4.69) is 14.9 Å². The second-order valence-electron chi connectivity index (χ2n) is 6.56. The van der Waals surface area contributed by atoms with E-state index in [9.17, 15) is 4.79 Å². The molecule has 2 aromatic rings. The van der Waals surface area contributed by atoms with E-state index < -0.39 is 0 Å². The van der Waals surface area contributed by atoms with Crippen LogP contribution < -0.4 is 4.90 Å². The van der Waals surface area contributed by atoms with Gasteiger partial charge in [-0.25, -0.2) is 9.97 Å². The molecule has 23 heavy (non-hydrogen) atoms. The van der Waals surface area contributed by atoms with E-state index in [1.54, 1.807) is 23.7 Å². The lowest BCUT2D eigenvalue weighted by Crippen LogP contribution is -2.47. The fraction of sp³-hybridized carbons (Fsp3) is 0.471. The Morgan fingerprint density at radius 3 is 2.83 bits per heavy atom. The molecular formula is C17H20N4OS. The Morgan fingerprint density at radius 1 is 1.17 bits per heavy atom. The number of nitrogens with zero attached hydrogens (tertiary/aromatic N) is 4. The number of rotatable bonds is 2. The first-order valence-corrected chi connectivity index (χ1v) is 9.04. The average Bonchev–Trinajstić information content (AvgIpc) is 3.26. The van der Waals surface area contributed by atoms with Crippen LogP contribution in [0.4, 0.5) is 5.95 Å². The molecular weight excluding hydrogens is 308 g/mol. The SMILES string of the molecule is O=C(c1ccsc1)N1CCC[C@]2(CCN(c3ncccn3)C2)C1. The number of hydrogen-bond acceptors (Lipinski definition) is 5. The zero-order chi connectivity index (χ0) is 15.7. The molecule has 0 N–H and O–H groups in total. The Morgan fingerprint density at radius 2 is 2.04 bits per heavy atom. The lowest BCUT2D eigenvalue weighted by Gasteiger charge is -2.40. The number of carbonyl (C=O) groups is 1. The normalized spacial score (nSPS) is 24.3. The summed E-state index contributed by atoms with van der Waals surface area (Å²) in [5, 5.41) is 3.92. The third-order valence-corrected chi connectivity index (χ3v) is 5.67. The molecule has 0 bridgehead atoms. The van der Waals surface area contributed by atoms with E-state index in [4.69, 9.17) is 0 Å². The number of aromatic nitrogens is 2. The van der Waals surface area contributed by atoms with Crippen LogP contribution in [0.15, 0.2) is 35.3 Å². The zero-order valence-electron chi connectivity index (χ0n) is 13.0. The van der Waals surface area contributed by atoms with Gasteiger partial charge in [0.05, 0.1) is 5.56 Å². The number of amides is 1. The maximum atomic E-state index is 12.6. The van der Waals surface area contributed by atoms with Gasteiger partial charge in [-0.3, -0.25) is 4.79 Å². The van der Waals surface area contributed by atoms with Crippen molar-refractivity contribution in [3.63, 3.8) is 0 Å². The molecule has 1 spiro atoms. The van der Waals surface area contributed by atoms with Crippen molar-refractivity contribution in [3.05, 3.63) is 40.8 Å². The van der Waals surface area contributed by atoms with Crippen molar-refractivity contribution >= 4 is 23.2 Å². The highest BCUT2D eigenvalue weighted by Crippen LogP contribution is 2.40. The molecule has 0 aliphatic carbocycles. The maximum absolute atomic E-state index is 12.6. The molecule has 4 rings (SSSR count). The first kappa shape index (κ1) is 14.6. The smallest absolute Gasteiger partial charge is 0.254 e. The Kier molecular flexibility index (Phi) is 3.77. The van der Waals surface area contributed by atoms with Crippen LogP contribution in [0.1, 0.15) is 29.6 Å². The Bertz CT molecular complexity index is 675. The Balaban J connectivity index is 1.48. The predicted molar refractivity (Wildman–Crippen MR) is 90.8 cm³/mol. The van der Waals surface area contributed by atoms with Crippen LogP contribution in [0.25, 0.3) is 0 Å². The van der Waals surface area contributed by atoms with Gasteiger partial charge in [-0.15, -0.1) is 0 Å². The van der Waals surface area contributed by atoms with Gasteiger partial charge in [0, 0.05) is 49.4 Å². The topological polar surface area (TPSA) is 49.3 Å². The monoisotopic (exact) mass is 328 g/mol. The number of hydrogen-bond donors (Lipinski definition) is 0. The summed E-state index contributed by atoms with van der Waals surface area (Å²) in [7, 11) is 0. The first-order valence-electron chi connectivity index (χ1n) is 8.09. The number of carbonyl (C=O) groups excluding carboxylic acids is 1. The summed E-state index contributed by atoms with van der Waals surface area (Å²) < 4.78 is 0. The van der Waals surface area contributed by atoms with Gasteiger partial charge < -0.3 is 9.80 Å². The number of likely N-dealkylation sites (tertiary alicyclic amines) is 1. The van der Waals surface area contributed by atoms with Gasteiger partial charge >= 0.3 is 0 Å². The van der Waals surface area contributed by atoms with E-state index >= 15 is 0 Å². The summed E-state index contributed by atoms with van der Waals surface area (Å²) >= 11 is 1.58. The highest BCUT2D eigenvalue weighted by atomic mass is 32.1. The van der Waals surface area contributed by atoms with E-state index in [0.717, 1.165) is 50.5 Å². The molecule has 5 nitrogen and oxygen atoms in total. The molecule has 2 fully saturated rings. The van der Waals surface area contributed by atoms with Crippen molar-refractivity contribution in [1.29, 1.82) is 0 Å². The van der Waals surface area contributed by atoms with Crippen LogP contribution in [-0.2, 0) is 0 Å². The van der Waals surface area contributed by atoms with Gasteiger partial charge in [0.2, 0.25) is 5.95 Å². The van der Waals surface area contributed by atoms with E-state index in [-0.39, 0.29) is 11.3 Å². The second-order valence-corrected chi connectivity index (χ2v) is 7.34. The molecule has 2 aliphatic heterocycles. The van der Waals surface area contributed by atoms with E-state index in [1.165, 1.54) is 6.42 Å². The average molecular weight is 328 g/mol. The van der Waals surface area contributed by atoms with Crippen molar-refractivity contribution in [2.24, 2.45) is 5.41 Å². The highest BCUT2D eigenvalue weighted by molar-refractivity contribution is 7.08. The molecule has 0 aromatic carbocycles. The summed E-state index contributed by atoms with van der Waals surface area (Å²) in [5.41, 5.74) is 1.02. The molecule has 1 atom stereocenters. The molecule has 120 valence electrons. The summed E-state index contributed by atoms with van der Waals surface area (Å²) in [5.74, 6) is 0.991. The van der Waals surface area contributed by atoms with Crippen LogP contribution in [0.3, 0.4) is 0 Å². The molecule has 2 aromatic heterocycles. The van der Waals surface area contributed by atoms with Crippen LogP contribution in [0.2, 0.25) is 0 Å². The molecule has 0 unspecified atom stereocenters. The van der Waals surface area contributed by atoms with Gasteiger partial charge in [0.25, 0.3) is 5.91 Å². The highest BCUT2D eigenvalue weighted by Gasteiger charge is 2.43. The minimum atomic E-state index is 0.180. The molecule has 0 saturated carbocycles. The summed E-state index contributed by atoms with van der Waals surface area (Å²) in [4.78, 5) is 25.7. The van der Waals surface area contributed by atoms with Crippen molar-refractivity contribution in [2.75, 3.05) is 31.1 Å². The Hall–Kier alpha value is -1.95. The molecule has 1 amide bonds. The number of anilines is 1. The molecule has 2 saturated heterocycles. The third-order valence-electron chi connectivity index (χ3n) is 4.99. The van der Waals surface area contributed by atoms with Gasteiger partial charge in [0.15, 0.2) is 0 Å². The summed E-state index contributed by atoms with van der Waals surface area (Å²) in [6, 6.07) is 3.77. The van der Waals surface area contributed by atoms with Crippen LogP contribution in [-0.4, -0.2) is 47.0 Å². The fourth-order valence-corrected chi connectivity index (χ4v) is 4.47. The third kappa shape index (κ3) is 2.83. The fourth-order valence-electron chi connectivity index (χ4n) is 3.84. The predicted octanol–water partition coefficient (Wildman–Crippen LogP) is 2.67. The van der Waals surface area contributed by atoms with Gasteiger partial charge in [-0.2, -0.15) is 11.3 Å². The molecule has 0 radical (unpaired) electrons. The molecule has 2 aliphatic rings.